The minimum atomic E-state index is -0.0943. The van der Waals surface area contributed by atoms with Crippen molar-refractivity contribution in [1.82, 2.24) is 19.6 Å². The third kappa shape index (κ3) is 6.91. The molecule has 0 N–H and O–H groups in total. The van der Waals surface area contributed by atoms with Crippen molar-refractivity contribution < 1.29 is 19.1 Å². The van der Waals surface area contributed by atoms with E-state index in [1.54, 1.807) is 0 Å². The molecule has 0 aliphatic carbocycles. The van der Waals surface area contributed by atoms with Gasteiger partial charge in [-0.05, 0) is 25.2 Å². The van der Waals surface area contributed by atoms with Gasteiger partial charge in [-0.2, -0.15) is 0 Å². The number of benzene rings is 1. The predicted octanol–water partition coefficient (Wildman–Crippen LogP) is 1.54. The first-order valence-corrected chi connectivity index (χ1v) is 12.7. The Morgan fingerprint density at radius 1 is 1.03 bits per heavy atom. The molecule has 3 aliphatic heterocycles. The first-order chi connectivity index (χ1) is 16.0. The van der Waals surface area contributed by atoms with Crippen LogP contribution in [-0.4, -0.2) is 117 Å². The summed E-state index contributed by atoms with van der Waals surface area (Å²) in [6.07, 6.45) is 1.04. The highest BCUT2D eigenvalue weighted by molar-refractivity contribution is 9.10. The first kappa shape index (κ1) is 24.4. The highest BCUT2D eigenvalue weighted by atomic mass is 79.9. The van der Waals surface area contributed by atoms with Gasteiger partial charge in [0, 0.05) is 75.6 Å². The third-order valence-corrected chi connectivity index (χ3v) is 7.35. The van der Waals surface area contributed by atoms with E-state index in [1.807, 2.05) is 34.1 Å². The normalized spacial score (nSPS) is 25.2. The summed E-state index contributed by atoms with van der Waals surface area (Å²) in [7, 11) is 2.09. The van der Waals surface area contributed by atoms with Gasteiger partial charge in [0.2, 0.25) is 11.8 Å². The van der Waals surface area contributed by atoms with Crippen molar-refractivity contribution in [2.24, 2.45) is 5.92 Å². The maximum absolute atomic E-state index is 13.1. The summed E-state index contributed by atoms with van der Waals surface area (Å²) in [5.41, 5.74) is 0. The van der Waals surface area contributed by atoms with E-state index in [0.29, 0.717) is 39.3 Å². The van der Waals surface area contributed by atoms with Crippen LogP contribution >= 0.6 is 15.9 Å². The zero-order valence-corrected chi connectivity index (χ0v) is 21.0. The average Bonchev–Trinajstić information content (AvgIpc) is 2.81. The number of hydrogen-bond donors (Lipinski definition) is 0. The fraction of sp³-hybridized carbons (Fsp3) is 0.667. The summed E-state index contributed by atoms with van der Waals surface area (Å²) in [6.45, 7) is 7.89. The summed E-state index contributed by atoms with van der Waals surface area (Å²) in [5.74, 6) is 1.06. The number of morpholine rings is 1. The van der Waals surface area contributed by atoms with Crippen LogP contribution in [0.2, 0.25) is 0 Å². The second-order valence-corrected chi connectivity index (χ2v) is 10.2. The SMILES string of the molecule is CN1CCN(C(=O)C[C@H]2CN(C(=O)CN3CCOCC3)CC[C@@H]2Oc2cccc(Br)c2)CC1. The van der Waals surface area contributed by atoms with Gasteiger partial charge in [-0.1, -0.05) is 22.0 Å². The Morgan fingerprint density at radius 2 is 1.79 bits per heavy atom. The lowest BCUT2D eigenvalue weighted by atomic mass is 9.90. The van der Waals surface area contributed by atoms with E-state index in [1.165, 1.54) is 0 Å². The van der Waals surface area contributed by atoms with Crippen LogP contribution in [-0.2, 0) is 14.3 Å². The zero-order chi connectivity index (χ0) is 23.2. The first-order valence-electron chi connectivity index (χ1n) is 11.9. The second-order valence-electron chi connectivity index (χ2n) is 9.28. The largest absolute Gasteiger partial charge is 0.490 e. The molecule has 4 rings (SSSR count). The van der Waals surface area contributed by atoms with E-state index in [9.17, 15) is 9.59 Å². The fourth-order valence-corrected chi connectivity index (χ4v) is 5.14. The molecule has 0 aromatic heterocycles. The molecule has 3 aliphatic rings. The number of carbonyl (C=O) groups is 2. The number of likely N-dealkylation sites (N-methyl/N-ethyl adjacent to an activating group) is 1. The van der Waals surface area contributed by atoms with Crippen LogP contribution in [0.4, 0.5) is 0 Å². The van der Waals surface area contributed by atoms with Crippen LogP contribution in [0.5, 0.6) is 5.75 Å². The van der Waals surface area contributed by atoms with Gasteiger partial charge in [0.05, 0.1) is 19.8 Å². The van der Waals surface area contributed by atoms with Crippen molar-refractivity contribution in [3.8, 4) is 5.75 Å². The number of halogens is 1. The van der Waals surface area contributed by atoms with E-state index in [-0.39, 0.29) is 23.8 Å². The van der Waals surface area contributed by atoms with Crippen molar-refractivity contribution in [2.45, 2.75) is 18.9 Å². The molecule has 2 amide bonds. The van der Waals surface area contributed by atoms with Crippen LogP contribution in [0.3, 0.4) is 0 Å². The molecule has 0 spiro atoms. The summed E-state index contributed by atoms with van der Waals surface area (Å²) >= 11 is 3.50. The quantitative estimate of drug-likeness (QED) is 0.564. The Kier molecular flexibility index (Phi) is 8.62. The van der Waals surface area contributed by atoms with Gasteiger partial charge in [0.15, 0.2) is 0 Å². The minimum absolute atomic E-state index is 0.0291. The van der Waals surface area contributed by atoms with Gasteiger partial charge in [-0.25, -0.2) is 0 Å². The molecular formula is C24H35BrN4O4. The van der Waals surface area contributed by atoms with Crippen LogP contribution in [0.25, 0.3) is 0 Å². The van der Waals surface area contributed by atoms with Crippen LogP contribution in [0.1, 0.15) is 12.8 Å². The molecule has 2 atom stereocenters. The number of hydrogen-bond acceptors (Lipinski definition) is 6. The lowest BCUT2D eigenvalue weighted by Gasteiger charge is -2.40. The topological polar surface area (TPSA) is 65.6 Å². The maximum atomic E-state index is 13.1. The predicted molar refractivity (Wildman–Crippen MR) is 129 cm³/mol. The van der Waals surface area contributed by atoms with E-state index in [4.69, 9.17) is 9.47 Å². The molecule has 1 aromatic rings. The molecule has 0 bridgehead atoms. The molecule has 1 aromatic carbocycles. The third-order valence-electron chi connectivity index (χ3n) is 6.86. The van der Waals surface area contributed by atoms with Crippen LogP contribution < -0.4 is 4.74 Å². The van der Waals surface area contributed by atoms with E-state index >= 15 is 0 Å². The van der Waals surface area contributed by atoms with Crippen molar-refractivity contribution in [3.05, 3.63) is 28.7 Å². The average molecular weight is 523 g/mol. The summed E-state index contributed by atoms with van der Waals surface area (Å²) in [4.78, 5) is 34.5. The molecular weight excluding hydrogens is 488 g/mol. The number of nitrogens with zero attached hydrogens (tertiary/aromatic N) is 4. The number of rotatable bonds is 6. The molecule has 0 radical (unpaired) electrons. The second kappa shape index (κ2) is 11.6. The Labute approximate surface area is 204 Å². The molecule has 0 saturated carbocycles. The number of carbonyl (C=O) groups excluding carboxylic acids is 2. The summed E-state index contributed by atoms with van der Waals surface area (Å²) in [6, 6.07) is 7.81. The van der Waals surface area contributed by atoms with Gasteiger partial charge in [0.1, 0.15) is 11.9 Å². The highest BCUT2D eigenvalue weighted by Crippen LogP contribution is 2.28. The van der Waals surface area contributed by atoms with Crippen molar-refractivity contribution in [2.75, 3.05) is 79.2 Å². The lowest BCUT2D eigenvalue weighted by molar-refractivity contribution is -0.141. The Balaban J connectivity index is 1.41. The molecule has 33 heavy (non-hydrogen) atoms. The highest BCUT2D eigenvalue weighted by Gasteiger charge is 2.36. The Morgan fingerprint density at radius 3 is 2.52 bits per heavy atom. The summed E-state index contributed by atoms with van der Waals surface area (Å²) in [5, 5.41) is 0. The fourth-order valence-electron chi connectivity index (χ4n) is 4.76. The van der Waals surface area contributed by atoms with Crippen molar-refractivity contribution in [1.29, 1.82) is 0 Å². The van der Waals surface area contributed by atoms with Crippen molar-refractivity contribution >= 4 is 27.7 Å². The molecule has 0 unspecified atom stereocenters. The van der Waals surface area contributed by atoms with Crippen LogP contribution in [0.15, 0.2) is 28.7 Å². The number of ether oxygens (including phenoxy) is 2. The zero-order valence-electron chi connectivity index (χ0n) is 19.5. The molecule has 8 nitrogen and oxygen atoms in total. The lowest BCUT2D eigenvalue weighted by Crippen LogP contribution is -2.53. The number of likely N-dealkylation sites (tertiary alicyclic amines) is 1. The maximum Gasteiger partial charge on any atom is 0.236 e. The Bertz CT molecular complexity index is 811. The summed E-state index contributed by atoms with van der Waals surface area (Å²) < 4.78 is 12.7. The number of piperidine rings is 1. The van der Waals surface area contributed by atoms with Gasteiger partial charge < -0.3 is 24.2 Å². The van der Waals surface area contributed by atoms with Gasteiger partial charge in [-0.15, -0.1) is 0 Å². The van der Waals surface area contributed by atoms with Crippen LogP contribution in [0, 0.1) is 5.92 Å². The molecule has 3 fully saturated rings. The van der Waals surface area contributed by atoms with E-state index in [2.05, 4.69) is 32.8 Å². The number of amides is 2. The smallest absolute Gasteiger partial charge is 0.236 e. The minimum Gasteiger partial charge on any atom is -0.490 e. The Hall–Kier alpha value is -1.68. The molecule has 9 heteroatoms. The van der Waals surface area contributed by atoms with E-state index in [0.717, 1.165) is 55.9 Å². The standard InChI is InChI=1S/C24H35BrN4O4/c1-26-7-9-28(10-8-26)23(30)15-19-17-29(24(31)18-27-11-13-32-14-12-27)6-5-22(19)33-21-4-2-3-20(25)16-21/h2-4,16,19,22H,5-15,17-18H2,1H3/t19-,22-/m0/s1. The molecule has 182 valence electrons. The monoisotopic (exact) mass is 522 g/mol. The molecule has 3 saturated heterocycles. The van der Waals surface area contributed by atoms with Crippen molar-refractivity contribution in [3.63, 3.8) is 0 Å². The van der Waals surface area contributed by atoms with Gasteiger partial charge in [0.25, 0.3) is 0 Å². The van der Waals surface area contributed by atoms with Gasteiger partial charge >= 0.3 is 0 Å². The molecule has 3 heterocycles. The van der Waals surface area contributed by atoms with E-state index < -0.39 is 0 Å². The number of piperazine rings is 1. The van der Waals surface area contributed by atoms with Gasteiger partial charge in [-0.3, -0.25) is 14.5 Å².